The van der Waals surface area contributed by atoms with Crippen LogP contribution in [0.3, 0.4) is 0 Å². The lowest BCUT2D eigenvalue weighted by Gasteiger charge is -2.07. The van der Waals surface area contributed by atoms with Crippen LogP contribution in [0, 0.1) is 5.41 Å². The van der Waals surface area contributed by atoms with Crippen LogP contribution in [-0.2, 0) is 13.0 Å². The smallest absolute Gasteiger partial charge is 0.253 e. The molecule has 2 rings (SSSR count). The van der Waals surface area contributed by atoms with Crippen LogP contribution in [0.4, 0.5) is 0 Å². The van der Waals surface area contributed by atoms with Crippen LogP contribution < -0.4 is 5.32 Å². The van der Waals surface area contributed by atoms with Gasteiger partial charge in [0.1, 0.15) is 0 Å². The molecule has 1 aromatic heterocycles. The molecule has 5 nitrogen and oxygen atoms in total. The van der Waals surface area contributed by atoms with E-state index in [-0.39, 0.29) is 19.1 Å². The average Bonchev–Trinajstić information content (AvgIpc) is 2.53. The third-order valence-corrected chi connectivity index (χ3v) is 3.18. The second-order valence-corrected chi connectivity index (χ2v) is 5.20. The van der Waals surface area contributed by atoms with Crippen molar-refractivity contribution in [2.45, 2.75) is 20.0 Å². The van der Waals surface area contributed by atoms with Gasteiger partial charge in [0.15, 0.2) is 0 Å². The first-order valence-corrected chi connectivity index (χ1v) is 7.03. The van der Waals surface area contributed by atoms with Gasteiger partial charge in [-0.1, -0.05) is 24.3 Å². The number of nitrogens with zero attached hydrogens (tertiary/aromatic N) is 1. The molecule has 1 aromatic carbocycles. The molecule has 0 spiro atoms. The van der Waals surface area contributed by atoms with Crippen molar-refractivity contribution in [2.24, 2.45) is 0 Å². The zero-order chi connectivity index (χ0) is 15.9. The van der Waals surface area contributed by atoms with Crippen molar-refractivity contribution in [1.29, 1.82) is 5.41 Å². The predicted octanol–water partition coefficient (Wildman–Crippen LogP) is 1.93. The summed E-state index contributed by atoms with van der Waals surface area (Å²) in [6, 6.07) is 9.48. The number of aliphatic hydroxyl groups excluding tert-OH is 1. The van der Waals surface area contributed by atoms with Crippen LogP contribution in [0.25, 0.3) is 0 Å². The number of amides is 1. The fourth-order valence-corrected chi connectivity index (χ4v) is 2.02. The Bertz CT molecular complexity index is 666. The molecule has 0 bridgehead atoms. The molecule has 0 unspecified atom stereocenters. The van der Waals surface area contributed by atoms with Gasteiger partial charge in [-0.3, -0.25) is 9.78 Å². The van der Waals surface area contributed by atoms with Gasteiger partial charge < -0.3 is 15.8 Å². The first-order valence-electron chi connectivity index (χ1n) is 7.03. The van der Waals surface area contributed by atoms with E-state index in [1.807, 2.05) is 30.3 Å². The van der Waals surface area contributed by atoms with Crippen molar-refractivity contribution in [3.63, 3.8) is 0 Å². The van der Waals surface area contributed by atoms with Gasteiger partial charge in [0.2, 0.25) is 0 Å². The number of carbonyl (C=O) groups is 1. The Balaban J connectivity index is 2.07. The minimum atomic E-state index is -0.225. The van der Waals surface area contributed by atoms with Gasteiger partial charge in [0, 0.05) is 18.1 Å². The van der Waals surface area contributed by atoms with Crippen LogP contribution in [0.5, 0.6) is 0 Å². The largest absolute Gasteiger partial charge is 0.392 e. The third-order valence-electron chi connectivity index (χ3n) is 3.18. The summed E-state index contributed by atoms with van der Waals surface area (Å²) in [6.07, 6.45) is 3.93. The summed E-state index contributed by atoms with van der Waals surface area (Å²) in [7, 11) is 0. The maximum atomic E-state index is 12.0. The summed E-state index contributed by atoms with van der Waals surface area (Å²) in [5.41, 5.74) is 3.80. The third kappa shape index (κ3) is 4.49. The SMILES string of the molecule is CC(=N)CNC(=O)c1cncc(Cc2ccc(CO)cc2)c1. The Morgan fingerprint density at radius 1 is 1.18 bits per heavy atom. The second kappa shape index (κ2) is 7.47. The van der Waals surface area contributed by atoms with Crippen LogP contribution in [0.15, 0.2) is 42.7 Å². The Morgan fingerprint density at radius 3 is 2.50 bits per heavy atom. The summed E-state index contributed by atoms with van der Waals surface area (Å²) in [5, 5.41) is 19.0. The van der Waals surface area contributed by atoms with Gasteiger partial charge in [0.05, 0.1) is 18.7 Å². The topological polar surface area (TPSA) is 86.1 Å². The van der Waals surface area contributed by atoms with E-state index in [1.165, 1.54) is 6.20 Å². The molecule has 22 heavy (non-hydrogen) atoms. The minimum Gasteiger partial charge on any atom is -0.392 e. The maximum absolute atomic E-state index is 12.0. The molecule has 0 saturated carbocycles. The predicted molar refractivity (Wildman–Crippen MR) is 85.1 cm³/mol. The van der Waals surface area contributed by atoms with Gasteiger partial charge in [-0.15, -0.1) is 0 Å². The van der Waals surface area contributed by atoms with E-state index < -0.39 is 0 Å². The number of aliphatic hydroxyl groups is 1. The molecular weight excluding hydrogens is 278 g/mol. The first-order chi connectivity index (χ1) is 10.6. The maximum Gasteiger partial charge on any atom is 0.253 e. The molecule has 1 amide bonds. The molecular formula is C17H19N3O2. The second-order valence-electron chi connectivity index (χ2n) is 5.20. The molecule has 114 valence electrons. The van der Waals surface area contributed by atoms with Crippen molar-refractivity contribution in [1.82, 2.24) is 10.3 Å². The highest BCUT2D eigenvalue weighted by molar-refractivity contribution is 5.96. The van der Waals surface area contributed by atoms with Crippen molar-refractivity contribution in [3.05, 3.63) is 65.0 Å². The number of hydrogen-bond acceptors (Lipinski definition) is 4. The zero-order valence-electron chi connectivity index (χ0n) is 12.5. The van der Waals surface area contributed by atoms with E-state index >= 15 is 0 Å². The van der Waals surface area contributed by atoms with Crippen LogP contribution in [-0.4, -0.2) is 28.3 Å². The van der Waals surface area contributed by atoms with Gasteiger partial charge >= 0.3 is 0 Å². The lowest BCUT2D eigenvalue weighted by molar-refractivity contribution is 0.0958. The van der Waals surface area contributed by atoms with Crippen LogP contribution in [0.2, 0.25) is 0 Å². The first kappa shape index (κ1) is 15.9. The van der Waals surface area contributed by atoms with E-state index in [2.05, 4.69) is 10.3 Å². The number of hydrogen-bond donors (Lipinski definition) is 3. The number of carbonyl (C=O) groups excluding carboxylic acids is 1. The highest BCUT2D eigenvalue weighted by Gasteiger charge is 2.07. The summed E-state index contributed by atoms with van der Waals surface area (Å²) in [4.78, 5) is 16.1. The molecule has 5 heteroatoms. The molecule has 0 fully saturated rings. The minimum absolute atomic E-state index is 0.0317. The molecule has 0 aliphatic rings. The van der Waals surface area contributed by atoms with Crippen molar-refractivity contribution in [3.8, 4) is 0 Å². The molecule has 0 aliphatic carbocycles. The molecule has 2 aromatic rings. The molecule has 0 atom stereocenters. The van der Waals surface area contributed by atoms with Crippen molar-refractivity contribution in [2.75, 3.05) is 6.54 Å². The molecule has 0 aliphatic heterocycles. The average molecular weight is 297 g/mol. The summed E-state index contributed by atoms with van der Waals surface area (Å²) >= 11 is 0. The molecule has 0 radical (unpaired) electrons. The zero-order valence-corrected chi connectivity index (χ0v) is 12.5. The Labute approximate surface area is 129 Å². The Morgan fingerprint density at radius 2 is 1.86 bits per heavy atom. The van der Waals surface area contributed by atoms with E-state index in [9.17, 15) is 4.79 Å². The van der Waals surface area contributed by atoms with Gasteiger partial charge in [-0.2, -0.15) is 0 Å². The summed E-state index contributed by atoms with van der Waals surface area (Å²) in [6.45, 7) is 1.92. The summed E-state index contributed by atoms with van der Waals surface area (Å²) < 4.78 is 0. The highest BCUT2D eigenvalue weighted by Crippen LogP contribution is 2.11. The van der Waals surface area contributed by atoms with Gasteiger partial charge in [-0.25, -0.2) is 0 Å². The van der Waals surface area contributed by atoms with Crippen molar-refractivity contribution >= 4 is 11.6 Å². The van der Waals surface area contributed by atoms with E-state index in [0.717, 1.165) is 16.7 Å². The van der Waals surface area contributed by atoms with Crippen LogP contribution >= 0.6 is 0 Å². The van der Waals surface area contributed by atoms with Gasteiger partial charge in [-0.05, 0) is 36.1 Å². The quantitative estimate of drug-likeness (QED) is 0.712. The fraction of sp³-hybridized carbons (Fsp3) is 0.235. The summed E-state index contributed by atoms with van der Waals surface area (Å²) in [5.74, 6) is -0.225. The number of aromatic nitrogens is 1. The number of pyridine rings is 1. The molecule has 0 saturated heterocycles. The number of rotatable bonds is 6. The number of benzene rings is 1. The van der Waals surface area contributed by atoms with Crippen LogP contribution in [0.1, 0.15) is 34.0 Å². The Kier molecular flexibility index (Phi) is 5.38. The standard InChI is InChI=1S/C17H19N3O2/c1-12(18)8-20-17(22)16-7-15(9-19-10-16)6-13-2-4-14(11-21)5-3-13/h2-5,7,9-10,18,21H,6,8,11H2,1H3,(H,20,22). The van der Waals surface area contributed by atoms with E-state index in [0.29, 0.717) is 17.7 Å². The van der Waals surface area contributed by atoms with Gasteiger partial charge in [0.25, 0.3) is 5.91 Å². The van der Waals surface area contributed by atoms with E-state index in [1.54, 1.807) is 13.1 Å². The Hall–Kier alpha value is -2.53. The lowest BCUT2D eigenvalue weighted by atomic mass is 10.0. The number of nitrogens with one attached hydrogen (secondary N) is 2. The monoisotopic (exact) mass is 297 g/mol. The van der Waals surface area contributed by atoms with Crippen molar-refractivity contribution < 1.29 is 9.90 Å². The molecule has 3 N–H and O–H groups in total. The van der Waals surface area contributed by atoms with E-state index in [4.69, 9.17) is 10.5 Å². The normalized spacial score (nSPS) is 10.3. The lowest BCUT2D eigenvalue weighted by Crippen LogP contribution is -2.28. The molecule has 1 heterocycles. The fourth-order valence-electron chi connectivity index (χ4n) is 2.02. The highest BCUT2D eigenvalue weighted by atomic mass is 16.3.